The fourth-order valence-corrected chi connectivity index (χ4v) is 2.20. The summed E-state index contributed by atoms with van der Waals surface area (Å²) in [5.41, 5.74) is 0.0364. The van der Waals surface area contributed by atoms with E-state index in [1.165, 1.54) is 0 Å². The van der Waals surface area contributed by atoms with Crippen LogP contribution in [-0.4, -0.2) is 63.3 Å². The van der Waals surface area contributed by atoms with Crippen LogP contribution in [0.15, 0.2) is 0 Å². The number of amides is 1. The molecule has 0 aromatic rings. The van der Waals surface area contributed by atoms with Gasteiger partial charge >= 0.3 is 0 Å². The molecule has 1 heterocycles. The zero-order valence-electron chi connectivity index (χ0n) is 12.2. The molecule has 0 bridgehead atoms. The highest BCUT2D eigenvalue weighted by atomic mass is 16.5. The van der Waals surface area contributed by atoms with Gasteiger partial charge in [-0.15, -0.1) is 0 Å². The lowest BCUT2D eigenvalue weighted by molar-refractivity contribution is -0.127. The SMILES string of the molecule is CC(NC(=O)C1COCCN1)C(C)(C)CN(C)C. The molecule has 0 aromatic carbocycles. The lowest BCUT2D eigenvalue weighted by Crippen LogP contribution is -2.56. The highest BCUT2D eigenvalue weighted by Gasteiger charge is 2.30. The molecule has 1 amide bonds. The number of carbonyl (C=O) groups excluding carboxylic acids is 1. The molecule has 1 aliphatic rings. The van der Waals surface area contributed by atoms with Crippen LogP contribution in [0.3, 0.4) is 0 Å². The third kappa shape index (κ3) is 4.55. The molecule has 2 unspecified atom stereocenters. The molecule has 0 saturated carbocycles. The summed E-state index contributed by atoms with van der Waals surface area (Å²) in [6, 6.07) is -0.0903. The zero-order chi connectivity index (χ0) is 13.8. The van der Waals surface area contributed by atoms with E-state index in [-0.39, 0.29) is 23.4 Å². The van der Waals surface area contributed by atoms with Gasteiger partial charge in [-0.3, -0.25) is 4.79 Å². The van der Waals surface area contributed by atoms with Crippen molar-refractivity contribution in [2.24, 2.45) is 5.41 Å². The van der Waals surface area contributed by atoms with E-state index >= 15 is 0 Å². The molecule has 0 aliphatic carbocycles. The molecule has 106 valence electrons. The van der Waals surface area contributed by atoms with E-state index in [1.54, 1.807) is 0 Å². The summed E-state index contributed by atoms with van der Waals surface area (Å²) >= 11 is 0. The number of rotatable bonds is 5. The van der Waals surface area contributed by atoms with Crippen molar-refractivity contribution < 1.29 is 9.53 Å². The summed E-state index contributed by atoms with van der Waals surface area (Å²) in [5, 5.41) is 6.26. The number of ether oxygens (including phenoxy) is 1. The van der Waals surface area contributed by atoms with E-state index in [1.807, 2.05) is 14.1 Å². The van der Waals surface area contributed by atoms with Gasteiger partial charge in [0.1, 0.15) is 6.04 Å². The molecular weight excluding hydrogens is 230 g/mol. The van der Waals surface area contributed by atoms with Gasteiger partial charge in [0.15, 0.2) is 0 Å². The van der Waals surface area contributed by atoms with Gasteiger partial charge in [-0.2, -0.15) is 0 Å². The molecule has 1 saturated heterocycles. The van der Waals surface area contributed by atoms with Gasteiger partial charge in [0.2, 0.25) is 5.91 Å². The lowest BCUT2D eigenvalue weighted by atomic mass is 9.84. The lowest BCUT2D eigenvalue weighted by Gasteiger charge is -2.36. The first kappa shape index (κ1) is 15.4. The predicted molar refractivity (Wildman–Crippen MR) is 72.5 cm³/mol. The number of hydrogen-bond acceptors (Lipinski definition) is 4. The Labute approximate surface area is 110 Å². The number of morpholine rings is 1. The van der Waals surface area contributed by atoms with Gasteiger partial charge in [-0.05, 0) is 26.4 Å². The molecule has 5 heteroatoms. The van der Waals surface area contributed by atoms with Crippen molar-refractivity contribution in [1.29, 1.82) is 0 Å². The van der Waals surface area contributed by atoms with Gasteiger partial charge in [0, 0.05) is 19.1 Å². The van der Waals surface area contributed by atoms with Crippen LogP contribution in [0.4, 0.5) is 0 Å². The van der Waals surface area contributed by atoms with Crippen LogP contribution in [-0.2, 0) is 9.53 Å². The van der Waals surface area contributed by atoms with Crippen LogP contribution in [0.1, 0.15) is 20.8 Å². The van der Waals surface area contributed by atoms with Crippen LogP contribution in [0.25, 0.3) is 0 Å². The average molecular weight is 257 g/mol. The van der Waals surface area contributed by atoms with Gasteiger partial charge in [-0.1, -0.05) is 13.8 Å². The Morgan fingerprint density at radius 2 is 2.22 bits per heavy atom. The average Bonchev–Trinajstić information content (AvgIpc) is 2.28. The van der Waals surface area contributed by atoms with E-state index in [0.717, 1.165) is 13.1 Å². The monoisotopic (exact) mass is 257 g/mol. The minimum Gasteiger partial charge on any atom is -0.378 e. The number of nitrogens with zero attached hydrogens (tertiary/aromatic N) is 1. The summed E-state index contributed by atoms with van der Waals surface area (Å²) < 4.78 is 5.30. The minimum atomic E-state index is -0.212. The largest absolute Gasteiger partial charge is 0.378 e. The smallest absolute Gasteiger partial charge is 0.239 e. The van der Waals surface area contributed by atoms with Gasteiger partial charge in [0.25, 0.3) is 0 Å². The summed E-state index contributed by atoms with van der Waals surface area (Å²) in [7, 11) is 4.10. The van der Waals surface area contributed by atoms with Gasteiger partial charge in [-0.25, -0.2) is 0 Å². The van der Waals surface area contributed by atoms with Crippen LogP contribution < -0.4 is 10.6 Å². The molecule has 1 aliphatic heterocycles. The second-order valence-corrected chi connectivity index (χ2v) is 6.04. The maximum Gasteiger partial charge on any atom is 0.239 e. The van der Waals surface area contributed by atoms with E-state index in [4.69, 9.17) is 4.74 Å². The quantitative estimate of drug-likeness (QED) is 0.732. The Bertz CT molecular complexity index is 273. The van der Waals surface area contributed by atoms with Crippen molar-refractivity contribution in [3.8, 4) is 0 Å². The maximum absolute atomic E-state index is 12.1. The molecule has 1 fully saturated rings. The molecule has 0 radical (unpaired) electrons. The Morgan fingerprint density at radius 3 is 2.72 bits per heavy atom. The Morgan fingerprint density at radius 1 is 1.56 bits per heavy atom. The number of hydrogen-bond donors (Lipinski definition) is 2. The Balaban J connectivity index is 2.47. The van der Waals surface area contributed by atoms with E-state index < -0.39 is 0 Å². The van der Waals surface area contributed by atoms with Crippen molar-refractivity contribution in [3.05, 3.63) is 0 Å². The highest BCUT2D eigenvalue weighted by Crippen LogP contribution is 2.21. The van der Waals surface area contributed by atoms with Gasteiger partial charge < -0.3 is 20.3 Å². The Kier molecular flexibility index (Phi) is 5.56. The fourth-order valence-electron chi connectivity index (χ4n) is 2.20. The van der Waals surface area contributed by atoms with E-state index in [9.17, 15) is 4.79 Å². The zero-order valence-corrected chi connectivity index (χ0v) is 12.2. The molecule has 1 rings (SSSR count). The van der Waals surface area contributed by atoms with E-state index in [0.29, 0.717) is 13.2 Å². The fraction of sp³-hybridized carbons (Fsp3) is 0.923. The van der Waals surface area contributed by atoms with Gasteiger partial charge in [0.05, 0.1) is 13.2 Å². The van der Waals surface area contributed by atoms with Crippen LogP contribution >= 0.6 is 0 Å². The second-order valence-electron chi connectivity index (χ2n) is 6.04. The summed E-state index contributed by atoms with van der Waals surface area (Å²) in [5.74, 6) is 0.0361. The third-order valence-electron chi connectivity index (χ3n) is 3.49. The Hall–Kier alpha value is -0.650. The topological polar surface area (TPSA) is 53.6 Å². The second kappa shape index (κ2) is 6.50. The molecule has 0 spiro atoms. The summed E-state index contributed by atoms with van der Waals surface area (Å²) in [4.78, 5) is 14.2. The standard InChI is InChI=1S/C13H27N3O2/c1-10(13(2,3)9-16(4)5)15-12(17)11-8-18-7-6-14-11/h10-11,14H,6-9H2,1-5H3,(H,15,17). The molecule has 2 N–H and O–H groups in total. The maximum atomic E-state index is 12.1. The van der Waals surface area contributed by atoms with Crippen molar-refractivity contribution in [1.82, 2.24) is 15.5 Å². The molecule has 5 nitrogen and oxygen atoms in total. The first-order valence-corrected chi connectivity index (χ1v) is 6.59. The first-order chi connectivity index (χ1) is 8.33. The highest BCUT2D eigenvalue weighted by molar-refractivity contribution is 5.82. The molecule has 0 aromatic heterocycles. The normalized spacial score (nSPS) is 22.9. The van der Waals surface area contributed by atoms with Crippen molar-refractivity contribution in [2.45, 2.75) is 32.9 Å². The predicted octanol–water partition coefficient (Wildman–Crippen LogP) is 0.0673. The first-order valence-electron chi connectivity index (χ1n) is 6.59. The van der Waals surface area contributed by atoms with Crippen LogP contribution in [0, 0.1) is 5.41 Å². The summed E-state index contributed by atoms with van der Waals surface area (Å²) in [6.07, 6.45) is 0. The van der Waals surface area contributed by atoms with Crippen LogP contribution in [0.5, 0.6) is 0 Å². The van der Waals surface area contributed by atoms with Crippen molar-refractivity contribution >= 4 is 5.91 Å². The van der Waals surface area contributed by atoms with Crippen molar-refractivity contribution in [3.63, 3.8) is 0 Å². The number of carbonyl (C=O) groups is 1. The van der Waals surface area contributed by atoms with Crippen LogP contribution in [0.2, 0.25) is 0 Å². The summed E-state index contributed by atoms with van der Waals surface area (Å²) in [6.45, 7) is 9.23. The molecular formula is C13H27N3O2. The van der Waals surface area contributed by atoms with Crippen molar-refractivity contribution in [2.75, 3.05) is 40.4 Å². The third-order valence-corrected chi connectivity index (χ3v) is 3.49. The number of nitrogens with one attached hydrogen (secondary N) is 2. The minimum absolute atomic E-state index is 0.0361. The molecule has 2 atom stereocenters. The molecule has 18 heavy (non-hydrogen) atoms. The van der Waals surface area contributed by atoms with E-state index in [2.05, 4.69) is 36.3 Å².